The summed E-state index contributed by atoms with van der Waals surface area (Å²) in [6.45, 7) is 4.10. The Balaban J connectivity index is 1.75. The second-order valence-corrected chi connectivity index (χ2v) is 7.21. The van der Waals surface area contributed by atoms with Crippen LogP contribution < -0.4 is 24.8 Å². The van der Waals surface area contributed by atoms with Gasteiger partial charge in [0.25, 0.3) is 0 Å². The third kappa shape index (κ3) is 4.07. The van der Waals surface area contributed by atoms with E-state index in [1.54, 1.807) is 33.5 Å². The minimum Gasteiger partial charge on any atom is -0.493 e. The van der Waals surface area contributed by atoms with Gasteiger partial charge in [0, 0.05) is 23.9 Å². The lowest BCUT2D eigenvalue weighted by Gasteiger charge is -2.15. The van der Waals surface area contributed by atoms with Crippen LogP contribution >= 0.6 is 0 Å². The fourth-order valence-corrected chi connectivity index (χ4v) is 3.32. The summed E-state index contributed by atoms with van der Waals surface area (Å²) in [7, 11) is 4.69. The lowest BCUT2D eigenvalue weighted by Crippen LogP contribution is -2.15. The van der Waals surface area contributed by atoms with Crippen molar-refractivity contribution < 1.29 is 14.2 Å². The van der Waals surface area contributed by atoms with Gasteiger partial charge < -0.3 is 24.8 Å². The minimum atomic E-state index is 0.184. The van der Waals surface area contributed by atoms with Gasteiger partial charge in [-0.1, -0.05) is 12.1 Å². The standard InChI is InChI=1S/C22H25N7O3/c1-13(2)25-22-27-15-8-6-7-9-16(15)29(22)21-24-12-23-20(28-21)26-14-10-17(30-3)19(32-5)18(11-14)31-4/h6-13H,1-5H3,(H,25,27)(H,23,24,26,28). The smallest absolute Gasteiger partial charge is 0.241 e. The largest absolute Gasteiger partial charge is 0.493 e. The van der Waals surface area contributed by atoms with Gasteiger partial charge in [-0.3, -0.25) is 0 Å². The molecule has 0 unspecified atom stereocenters. The molecule has 0 aliphatic rings. The first-order valence-electron chi connectivity index (χ1n) is 10.0. The SMILES string of the molecule is COc1cc(Nc2ncnc(-n3c(NC(C)C)nc4ccccc43)n2)cc(OC)c1OC. The number of methoxy groups -OCH3 is 3. The molecule has 166 valence electrons. The number of imidazole rings is 1. The van der Waals surface area contributed by atoms with E-state index in [9.17, 15) is 0 Å². The van der Waals surface area contributed by atoms with Crippen LogP contribution in [0, 0.1) is 0 Å². The highest BCUT2D eigenvalue weighted by atomic mass is 16.5. The van der Waals surface area contributed by atoms with Crippen LogP contribution in [0.5, 0.6) is 17.2 Å². The van der Waals surface area contributed by atoms with Crippen molar-refractivity contribution in [3.63, 3.8) is 0 Å². The molecule has 0 atom stereocenters. The molecule has 0 amide bonds. The number of nitrogens with zero attached hydrogens (tertiary/aromatic N) is 5. The average Bonchev–Trinajstić information content (AvgIpc) is 3.15. The average molecular weight is 435 g/mol. The molecule has 10 nitrogen and oxygen atoms in total. The Morgan fingerprint density at radius 2 is 1.62 bits per heavy atom. The summed E-state index contributed by atoms with van der Waals surface area (Å²) in [5, 5.41) is 6.54. The number of para-hydroxylation sites is 2. The first-order chi connectivity index (χ1) is 15.5. The van der Waals surface area contributed by atoms with Gasteiger partial charge in [-0.05, 0) is 26.0 Å². The predicted molar refractivity (Wildman–Crippen MR) is 123 cm³/mol. The summed E-state index contributed by atoms with van der Waals surface area (Å²) in [5.74, 6) is 3.00. The van der Waals surface area contributed by atoms with Crippen molar-refractivity contribution in [1.29, 1.82) is 0 Å². The molecule has 0 bridgehead atoms. The van der Waals surface area contributed by atoms with Gasteiger partial charge in [-0.2, -0.15) is 4.98 Å². The van der Waals surface area contributed by atoms with Gasteiger partial charge in [-0.15, -0.1) is 0 Å². The molecule has 0 aliphatic heterocycles. The van der Waals surface area contributed by atoms with Crippen LogP contribution in [0.3, 0.4) is 0 Å². The summed E-state index contributed by atoms with van der Waals surface area (Å²) < 4.78 is 18.1. The minimum absolute atomic E-state index is 0.184. The van der Waals surface area contributed by atoms with Gasteiger partial charge in [0.1, 0.15) is 6.33 Å². The van der Waals surface area contributed by atoms with Gasteiger partial charge in [0.05, 0.1) is 32.4 Å². The van der Waals surface area contributed by atoms with Gasteiger partial charge >= 0.3 is 0 Å². The van der Waals surface area contributed by atoms with Crippen LogP contribution in [0.25, 0.3) is 17.0 Å². The van der Waals surface area contributed by atoms with Crippen LogP contribution in [0.4, 0.5) is 17.6 Å². The molecule has 2 aromatic carbocycles. The molecule has 0 radical (unpaired) electrons. The van der Waals surface area contributed by atoms with Crippen molar-refractivity contribution in [2.24, 2.45) is 0 Å². The molecular formula is C22H25N7O3. The van der Waals surface area contributed by atoms with E-state index in [1.165, 1.54) is 6.33 Å². The van der Waals surface area contributed by atoms with E-state index in [4.69, 9.17) is 19.2 Å². The number of hydrogen-bond donors (Lipinski definition) is 2. The first kappa shape index (κ1) is 21.2. The number of anilines is 3. The molecule has 0 saturated carbocycles. The van der Waals surface area contributed by atoms with Crippen LogP contribution in [0.15, 0.2) is 42.7 Å². The van der Waals surface area contributed by atoms with Crippen LogP contribution in [-0.4, -0.2) is 51.9 Å². The van der Waals surface area contributed by atoms with E-state index in [1.807, 2.05) is 28.8 Å². The highest BCUT2D eigenvalue weighted by Gasteiger charge is 2.17. The van der Waals surface area contributed by atoms with E-state index >= 15 is 0 Å². The van der Waals surface area contributed by atoms with Crippen LogP contribution in [0.2, 0.25) is 0 Å². The van der Waals surface area contributed by atoms with Gasteiger partial charge in [0.2, 0.25) is 23.6 Å². The topological polar surface area (TPSA) is 108 Å². The summed E-state index contributed by atoms with van der Waals surface area (Å²) >= 11 is 0. The van der Waals surface area contributed by atoms with E-state index in [0.717, 1.165) is 11.0 Å². The number of nitrogens with one attached hydrogen (secondary N) is 2. The molecule has 2 N–H and O–H groups in total. The van der Waals surface area contributed by atoms with Crippen LogP contribution in [0.1, 0.15) is 13.8 Å². The molecule has 4 aromatic rings. The molecule has 2 aromatic heterocycles. The number of aromatic nitrogens is 5. The van der Waals surface area contributed by atoms with Crippen molar-refractivity contribution in [1.82, 2.24) is 24.5 Å². The number of fused-ring (bicyclic) bond motifs is 1. The van der Waals surface area contributed by atoms with Crippen molar-refractivity contribution in [3.8, 4) is 23.2 Å². The third-order valence-electron chi connectivity index (χ3n) is 4.66. The summed E-state index contributed by atoms with van der Waals surface area (Å²) in [6, 6.07) is 11.6. The highest BCUT2D eigenvalue weighted by molar-refractivity contribution is 5.80. The zero-order valence-electron chi connectivity index (χ0n) is 18.6. The number of hydrogen-bond acceptors (Lipinski definition) is 9. The molecule has 2 heterocycles. The first-order valence-corrected chi connectivity index (χ1v) is 10.0. The second kappa shape index (κ2) is 8.96. The monoisotopic (exact) mass is 435 g/mol. The molecular weight excluding hydrogens is 410 g/mol. The van der Waals surface area contributed by atoms with E-state index in [2.05, 4.69) is 39.4 Å². The normalized spacial score (nSPS) is 10.9. The maximum absolute atomic E-state index is 5.42. The molecule has 0 spiro atoms. The third-order valence-corrected chi connectivity index (χ3v) is 4.66. The number of ether oxygens (including phenoxy) is 3. The Labute approximate surface area is 185 Å². The maximum Gasteiger partial charge on any atom is 0.241 e. The zero-order valence-corrected chi connectivity index (χ0v) is 18.6. The fraction of sp³-hybridized carbons (Fsp3) is 0.273. The summed E-state index contributed by atoms with van der Waals surface area (Å²) in [5.41, 5.74) is 2.41. The lowest BCUT2D eigenvalue weighted by atomic mass is 10.2. The summed E-state index contributed by atoms with van der Waals surface area (Å²) in [6.07, 6.45) is 1.45. The Morgan fingerprint density at radius 3 is 2.28 bits per heavy atom. The lowest BCUT2D eigenvalue weighted by molar-refractivity contribution is 0.324. The van der Waals surface area contributed by atoms with Gasteiger partial charge in [-0.25, -0.2) is 19.5 Å². The molecule has 0 saturated heterocycles. The van der Waals surface area contributed by atoms with E-state index in [-0.39, 0.29) is 6.04 Å². The molecule has 32 heavy (non-hydrogen) atoms. The van der Waals surface area contributed by atoms with Crippen molar-refractivity contribution in [3.05, 3.63) is 42.7 Å². The predicted octanol–water partition coefficient (Wildman–Crippen LogP) is 3.80. The zero-order chi connectivity index (χ0) is 22.7. The Bertz CT molecular complexity index is 1210. The van der Waals surface area contributed by atoms with E-state index in [0.29, 0.717) is 40.8 Å². The quantitative estimate of drug-likeness (QED) is 0.427. The van der Waals surface area contributed by atoms with E-state index < -0.39 is 0 Å². The Hall–Kier alpha value is -4.08. The van der Waals surface area contributed by atoms with Crippen molar-refractivity contribution >= 4 is 28.6 Å². The van der Waals surface area contributed by atoms with Gasteiger partial charge in [0.15, 0.2) is 11.5 Å². The van der Waals surface area contributed by atoms with Crippen molar-refractivity contribution in [2.75, 3.05) is 32.0 Å². The maximum atomic E-state index is 5.42. The molecule has 10 heteroatoms. The fourth-order valence-electron chi connectivity index (χ4n) is 3.32. The second-order valence-electron chi connectivity index (χ2n) is 7.21. The van der Waals surface area contributed by atoms with Crippen molar-refractivity contribution in [2.45, 2.75) is 19.9 Å². The number of rotatable bonds is 8. The number of benzene rings is 2. The highest BCUT2D eigenvalue weighted by Crippen LogP contribution is 2.40. The molecule has 0 aliphatic carbocycles. The Kier molecular flexibility index (Phi) is 5.93. The molecule has 4 rings (SSSR count). The Morgan fingerprint density at radius 1 is 0.906 bits per heavy atom. The van der Waals surface area contributed by atoms with Crippen LogP contribution in [-0.2, 0) is 0 Å². The molecule has 0 fully saturated rings. The summed E-state index contributed by atoms with van der Waals surface area (Å²) in [4.78, 5) is 18.0.